The molecule has 1 aliphatic rings. The van der Waals surface area contributed by atoms with Crippen LogP contribution >= 0.6 is 0 Å². The lowest BCUT2D eigenvalue weighted by molar-refractivity contribution is -0.120. The fourth-order valence-corrected chi connectivity index (χ4v) is 3.44. The highest BCUT2D eigenvalue weighted by Crippen LogP contribution is 2.35. The summed E-state index contributed by atoms with van der Waals surface area (Å²) in [5, 5.41) is 2.86. The molecule has 7 heteroatoms. The summed E-state index contributed by atoms with van der Waals surface area (Å²) in [6.45, 7) is 4.55. The zero-order valence-corrected chi connectivity index (χ0v) is 13.9. The Labute approximate surface area is 131 Å². The van der Waals surface area contributed by atoms with Crippen LogP contribution in [0, 0.1) is 5.92 Å². The Balaban J connectivity index is 2.23. The quantitative estimate of drug-likeness (QED) is 0.900. The maximum Gasteiger partial charge on any atom is 0.232 e. The van der Waals surface area contributed by atoms with Crippen molar-refractivity contribution in [1.29, 1.82) is 0 Å². The number of nitrogens with zero attached hydrogens (tertiary/aromatic N) is 1. The number of anilines is 2. The lowest BCUT2D eigenvalue weighted by atomic mass is 10.0. The summed E-state index contributed by atoms with van der Waals surface area (Å²) in [6, 6.07) is 5.04. The predicted octanol–water partition coefficient (Wildman–Crippen LogP) is 2.22. The van der Waals surface area contributed by atoms with Crippen LogP contribution in [0.4, 0.5) is 11.4 Å². The van der Waals surface area contributed by atoms with E-state index in [-0.39, 0.29) is 11.8 Å². The molecule has 0 unspecified atom stereocenters. The molecule has 0 saturated carbocycles. The summed E-state index contributed by atoms with van der Waals surface area (Å²) in [5.41, 5.74) is 1.13. The SMILES string of the molecule is CCC(CC)C(=O)Nc1ccc2c(c1)OCCN2S(C)(=O)=O. The number of ether oxygens (including phenoxy) is 1. The Morgan fingerprint density at radius 2 is 2.05 bits per heavy atom. The fourth-order valence-electron chi connectivity index (χ4n) is 2.52. The van der Waals surface area contributed by atoms with Gasteiger partial charge in [0.15, 0.2) is 0 Å². The van der Waals surface area contributed by atoms with Gasteiger partial charge in [0.05, 0.1) is 18.5 Å². The van der Waals surface area contributed by atoms with Gasteiger partial charge in [-0.3, -0.25) is 9.10 Å². The highest BCUT2D eigenvalue weighted by atomic mass is 32.2. The molecule has 0 aromatic heterocycles. The summed E-state index contributed by atoms with van der Waals surface area (Å²) in [7, 11) is -3.33. The first kappa shape index (κ1) is 16.6. The molecule has 0 saturated heterocycles. The molecule has 0 atom stereocenters. The Hall–Kier alpha value is -1.76. The van der Waals surface area contributed by atoms with Crippen molar-refractivity contribution >= 4 is 27.3 Å². The molecule has 22 heavy (non-hydrogen) atoms. The van der Waals surface area contributed by atoms with Crippen molar-refractivity contribution in [2.24, 2.45) is 5.92 Å². The molecule has 1 aromatic carbocycles. The van der Waals surface area contributed by atoms with E-state index in [9.17, 15) is 13.2 Å². The molecule has 1 aliphatic heterocycles. The van der Waals surface area contributed by atoms with Crippen molar-refractivity contribution in [3.8, 4) is 5.75 Å². The third-order valence-electron chi connectivity index (χ3n) is 3.80. The van der Waals surface area contributed by atoms with Gasteiger partial charge in [0, 0.05) is 17.7 Å². The standard InChI is InChI=1S/C15H22N2O4S/c1-4-11(5-2)15(18)16-12-6-7-13-14(10-12)21-9-8-17(13)22(3,19)20/h6-7,10-11H,4-5,8-9H2,1-3H3,(H,16,18). The first-order valence-corrected chi connectivity index (χ1v) is 9.27. The van der Waals surface area contributed by atoms with Crippen molar-refractivity contribution in [3.05, 3.63) is 18.2 Å². The Bertz CT molecular complexity index is 654. The molecular weight excluding hydrogens is 304 g/mol. The van der Waals surface area contributed by atoms with Crippen LogP contribution in [0.3, 0.4) is 0 Å². The van der Waals surface area contributed by atoms with Crippen molar-refractivity contribution < 1.29 is 17.9 Å². The van der Waals surface area contributed by atoms with Gasteiger partial charge in [-0.15, -0.1) is 0 Å². The van der Waals surface area contributed by atoms with Crippen molar-refractivity contribution in [3.63, 3.8) is 0 Å². The van der Waals surface area contributed by atoms with E-state index in [4.69, 9.17) is 4.74 Å². The minimum absolute atomic E-state index is 0.0236. The molecular formula is C15H22N2O4S. The highest BCUT2D eigenvalue weighted by Gasteiger charge is 2.25. The molecule has 0 radical (unpaired) electrons. The van der Waals surface area contributed by atoms with E-state index in [2.05, 4.69) is 5.32 Å². The normalized spacial score (nSPS) is 14.5. The number of nitrogens with one attached hydrogen (secondary N) is 1. The van der Waals surface area contributed by atoms with Crippen LogP contribution in [0.5, 0.6) is 5.75 Å². The van der Waals surface area contributed by atoms with Gasteiger partial charge in [0.25, 0.3) is 0 Å². The summed E-state index contributed by atoms with van der Waals surface area (Å²) in [4.78, 5) is 12.1. The number of hydrogen-bond donors (Lipinski definition) is 1. The zero-order chi connectivity index (χ0) is 16.3. The molecule has 0 fully saturated rings. The van der Waals surface area contributed by atoms with Gasteiger partial charge in [0.2, 0.25) is 15.9 Å². The Kier molecular flexibility index (Phi) is 4.95. The number of carbonyl (C=O) groups excluding carboxylic acids is 1. The molecule has 1 amide bonds. The van der Waals surface area contributed by atoms with Gasteiger partial charge in [0.1, 0.15) is 12.4 Å². The zero-order valence-electron chi connectivity index (χ0n) is 13.1. The maximum atomic E-state index is 12.1. The van der Waals surface area contributed by atoms with Gasteiger partial charge in [-0.1, -0.05) is 13.8 Å². The molecule has 1 heterocycles. The van der Waals surface area contributed by atoms with E-state index < -0.39 is 10.0 Å². The summed E-state index contributed by atoms with van der Waals surface area (Å²) < 4.78 is 30.4. The van der Waals surface area contributed by atoms with Crippen LogP contribution in [0.1, 0.15) is 26.7 Å². The van der Waals surface area contributed by atoms with Crippen LogP contribution in [-0.2, 0) is 14.8 Å². The van der Waals surface area contributed by atoms with Crippen LogP contribution < -0.4 is 14.4 Å². The van der Waals surface area contributed by atoms with Gasteiger partial charge in [-0.25, -0.2) is 8.42 Å². The Morgan fingerprint density at radius 1 is 1.36 bits per heavy atom. The van der Waals surface area contributed by atoms with Crippen molar-refractivity contribution in [2.45, 2.75) is 26.7 Å². The molecule has 0 bridgehead atoms. The van der Waals surface area contributed by atoms with E-state index in [0.717, 1.165) is 12.8 Å². The second kappa shape index (κ2) is 6.56. The second-order valence-electron chi connectivity index (χ2n) is 5.37. The third kappa shape index (κ3) is 3.52. The van der Waals surface area contributed by atoms with Crippen molar-refractivity contribution in [1.82, 2.24) is 0 Å². The second-order valence-corrected chi connectivity index (χ2v) is 7.28. The molecule has 1 N–H and O–H groups in total. The maximum absolute atomic E-state index is 12.1. The van der Waals surface area contributed by atoms with Gasteiger partial charge >= 0.3 is 0 Å². The van der Waals surface area contributed by atoms with Crippen LogP contribution in [0.15, 0.2) is 18.2 Å². The first-order valence-electron chi connectivity index (χ1n) is 7.42. The van der Waals surface area contributed by atoms with E-state index >= 15 is 0 Å². The molecule has 2 rings (SSSR count). The van der Waals surface area contributed by atoms with Crippen LogP contribution in [0.2, 0.25) is 0 Å². The minimum atomic E-state index is -3.33. The molecule has 0 spiro atoms. The number of hydrogen-bond acceptors (Lipinski definition) is 4. The number of benzene rings is 1. The Morgan fingerprint density at radius 3 is 2.64 bits per heavy atom. The smallest absolute Gasteiger partial charge is 0.232 e. The minimum Gasteiger partial charge on any atom is -0.489 e. The largest absolute Gasteiger partial charge is 0.489 e. The number of sulfonamides is 1. The summed E-state index contributed by atoms with van der Waals surface area (Å²) in [6.07, 6.45) is 2.74. The fraction of sp³-hybridized carbons (Fsp3) is 0.533. The van der Waals surface area contributed by atoms with Crippen LogP contribution in [-0.4, -0.2) is 33.7 Å². The first-order chi connectivity index (χ1) is 10.4. The lowest BCUT2D eigenvalue weighted by Crippen LogP contribution is -2.37. The van der Waals surface area contributed by atoms with E-state index in [1.807, 2.05) is 13.8 Å². The van der Waals surface area contributed by atoms with Crippen LogP contribution in [0.25, 0.3) is 0 Å². The molecule has 122 valence electrons. The highest BCUT2D eigenvalue weighted by molar-refractivity contribution is 7.92. The number of amides is 1. The molecule has 6 nitrogen and oxygen atoms in total. The van der Waals surface area contributed by atoms with Gasteiger partial charge in [-0.2, -0.15) is 0 Å². The topological polar surface area (TPSA) is 75.7 Å². The average Bonchev–Trinajstić information content (AvgIpc) is 2.46. The van der Waals surface area contributed by atoms with E-state index in [1.54, 1.807) is 18.2 Å². The average molecular weight is 326 g/mol. The third-order valence-corrected chi connectivity index (χ3v) is 4.98. The van der Waals surface area contributed by atoms with Crippen molar-refractivity contribution in [2.75, 3.05) is 29.0 Å². The lowest BCUT2D eigenvalue weighted by Gasteiger charge is -2.29. The van der Waals surface area contributed by atoms with Gasteiger partial charge in [-0.05, 0) is 25.0 Å². The predicted molar refractivity (Wildman–Crippen MR) is 86.8 cm³/mol. The number of fused-ring (bicyclic) bond motifs is 1. The van der Waals surface area contributed by atoms with Gasteiger partial charge < -0.3 is 10.1 Å². The summed E-state index contributed by atoms with van der Waals surface area (Å²) in [5.74, 6) is 0.421. The van der Waals surface area contributed by atoms with E-state index in [0.29, 0.717) is 30.3 Å². The number of carbonyl (C=O) groups is 1. The summed E-state index contributed by atoms with van der Waals surface area (Å²) >= 11 is 0. The molecule has 0 aliphatic carbocycles. The monoisotopic (exact) mass is 326 g/mol. The number of rotatable bonds is 5. The van der Waals surface area contributed by atoms with E-state index in [1.165, 1.54) is 10.6 Å². The molecule has 1 aromatic rings.